The van der Waals surface area contributed by atoms with Crippen molar-refractivity contribution in [3.63, 3.8) is 0 Å². The number of aromatic nitrogens is 4. The second-order valence-electron chi connectivity index (χ2n) is 3.84. The molecule has 0 fully saturated rings. The van der Waals surface area contributed by atoms with E-state index in [0.29, 0.717) is 0 Å². The molecule has 0 aliphatic carbocycles. The van der Waals surface area contributed by atoms with Gasteiger partial charge in [0, 0.05) is 0 Å². The Morgan fingerprint density at radius 2 is 1.05 bits per heavy atom. The van der Waals surface area contributed by atoms with Crippen molar-refractivity contribution in [1.82, 2.24) is 19.9 Å². The fourth-order valence-electron chi connectivity index (χ4n) is 1.76. The zero-order chi connectivity index (χ0) is 12.2. The molecule has 0 spiro atoms. The van der Waals surface area contributed by atoms with Gasteiger partial charge in [0.2, 0.25) is 0 Å². The molecule has 0 unspecified atom stereocenters. The third-order valence-electron chi connectivity index (χ3n) is 2.66. The maximum atomic E-state index is 4.06. The Hall–Kier alpha value is -2.14. The van der Waals surface area contributed by atoms with Gasteiger partial charge in [0.25, 0.3) is 0 Å². The Bertz CT molecular complexity index is 633. The number of hydrogen-bond acceptors (Lipinski definition) is 2. The molecule has 4 aromatic rings. The number of H-pyrrole nitrogens is 2. The molecule has 0 saturated carbocycles. The van der Waals surface area contributed by atoms with Crippen LogP contribution in [-0.4, -0.2) is 19.9 Å². The summed E-state index contributed by atoms with van der Waals surface area (Å²) in [5, 5.41) is 0. The molecule has 2 aromatic heterocycles. The minimum atomic E-state index is 0. The van der Waals surface area contributed by atoms with Crippen LogP contribution in [0.3, 0.4) is 0 Å². The summed E-state index contributed by atoms with van der Waals surface area (Å²) in [7, 11) is 0. The standard InChI is InChI=1S/2C7H6N2.BrH/c2*1-2-4-7-6(3-1)8-5-9-7;/h2*1-5H,(H,8,9);1H. The van der Waals surface area contributed by atoms with Crippen molar-refractivity contribution in [2.45, 2.75) is 0 Å². The van der Waals surface area contributed by atoms with Gasteiger partial charge < -0.3 is 9.97 Å². The number of nitrogens with one attached hydrogen (secondary N) is 2. The summed E-state index contributed by atoms with van der Waals surface area (Å²) in [6, 6.07) is 15.9. The van der Waals surface area contributed by atoms with E-state index in [1.807, 2.05) is 48.5 Å². The van der Waals surface area contributed by atoms with E-state index in [2.05, 4.69) is 19.9 Å². The lowest BCUT2D eigenvalue weighted by atomic mass is 10.3. The topological polar surface area (TPSA) is 57.4 Å². The van der Waals surface area contributed by atoms with Crippen LogP contribution in [0.2, 0.25) is 0 Å². The summed E-state index contributed by atoms with van der Waals surface area (Å²) in [6.07, 6.45) is 3.40. The van der Waals surface area contributed by atoms with Gasteiger partial charge in [0.05, 0.1) is 34.7 Å². The van der Waals surface area contributed by atoms with Gasteiger partial charge in [0.1, 0.15) is 0 Å². The van der Waals surface area contributed by atoms with Crippen LogP contribution in [0, 0.1) is 0 Å². The average molecular weight is 317 g/mol. The van der Waals surface area contributed by atoms with Crippen LogP contribution < -0.4 is 0 Å². The highest BCUT2D eigenvalue weighted by molar-refractivity contribution is 8.93. The highest BCUT2D eigenvalue weighted by Crippen LogP contribution is 2.06. The van der Waals surface area contributed by atoms with E-state index in [4.69, 9.17) is 0 Å². The lowest BCUT2D eigenvalue weighted by Crippen LogP contribution is -1.63. The molecule has 4 nitrogen and oxygen atoms in total. The molecule has 0 amide bonds. The van der Waals surface area contributed by atoms with Crippen molar-refractivity contribution in [2.75, 3.05) is 0 Å². The lowest BCUT2D eigenvalue weighted by Gasteiger charge is -1.81. The van der Waals surface area contributed by atoms with Gasteiger partial charge in [-0.15, -0.1) is 17.0 Å². The van der Waals surface area contributed by atoms with E-state index in [1.54, 1.807) is 12.7 Å². The van der Waals surface area contributed by atoms with E-state index in [9.17, 15) is 0 Å². The highest BCUT2D eigenvalue weighted by Gasteiger charge is 1.89. The summed E-state index contributed by atoms with van der Waals surface area (Å²) in [5.41, 5.74) is 4.24. The number of nitrogens with zero attached hydrogens (tertiary/aromatic N) is 2. The first-order chi connectivity index (χ1) is 8.93. The number of benzene rings is 2. The quantitative estimate of drug-likeness (QED) is 0.519. The highest BCUT2D eigenvalue weighted by atomic mass is 79.9. The van der Waals surface area contributed by atoms with Gasteiger partial charge in [0.15, 0.2) is 0 Å². The molecule has 19 heavy (non-hydrogen) atoms. The Labute approximate surface area is 120 Å². The molecule has 96 valence electrons. The zero-order valence-corrected chi connectivity index (χ0v) is 11.8. The first-order valence-electron chi connectivity index (χ1n) is 5.70. The molecule has 5 heteroatoms. The molecule has 2 N–H and O–H groups in total. The molecule has 0 radical (unpaired) electrons. The second kappa shape index (κ2) is 6.15. The number of para-hydroxylation sites is 4. The normalized spacial score (nSPS) is 9.68. The molecule has 0 aliphatic rings. The maximum Gasteiger partial charge on any atom is 0.0931 e. The monoisotopic (exact) mass is 316 g/mol. The van der Waals surface area contributed by atoms with E-state index < -0.39 is 0 Å². The average Bonchev–Trinajstić information content (AvgIpc) is 3.08. The van der Waals surface area contributed by atoms with E-state index in [0.717, 1.165) is 22.1 Å². The van der Waals surface area contributed by atoms with Crippen LogP contribution in [0.1, 0.15) is 0 Å². The van der Waals surface area contributed by atoms with E-state index >= 15 is 0 Å². The maximum absolute atomic E-state index is 4.06. The molecule has 0 bridgehead atoms. The van der Waals surface area contributed by atoms with Crippen molar-refractivity contribution in [3.8, 4) is 0 Å². The molecule has 2 aromatic carbocycles. The number of fused-ring (bicyclic) bond motifs is 2. The summed E-state index contributed by atoms with van der Waals surface area (Å²) < 4.78 is 0. The SMILES string of the molecule is Br.c1ccc2[nH]cnc2c1.c1ccc2[nH]cnc2c1. The number of halogens is 1. The van der Waals surface area contributed by atoms with Gasteiger partial charge in [-0.2, -0.15) is 0 Å². The summed E-state index contributed by atoms with van der Waals surface area (Å²) in [4.78, 5) is 14.1. The Kier molecular flexibility index (Phi) is 4.30. The minimum absolute atomic E-state index is 0. The van der Waals surface area contributed by atoms with Crippen molar-refractivity contribution in [2.24, 2.45) is 0 Å². The molecule has 0 atom stereocenters. The third kappa shape index (κ3) is 3.00. The lowest BCUT2D eigenvalue weighted by molar-refractivity contribution is 1.34. The molecule has 0 aliphatic heterocycles. The van der Waals surface area contributed by atoms with Crippen LogP contribution in [0.15, 0.2) is 61.2 Å². The summed E-state index contributed by atoms with van der Waals surface area (Å²) in [6.45, 7) is 0. The van der Waals surface area contributed by atoms with Crippen molar-refractivity contribution in [3.05, 3.63) is 61.2 Å². The molecule has 0 saturated heterocycles. The Morgan fingerprint density at radius 3 is 1.47 bits per heavy atom. The zero-order valence-electron chi connectivity index (χ0n) is 10.1. The Balaban J connectivity index is 0.000000133. The predicted octanol–water partition coefficient (Wildman–Crippen LogP) is 3.70. The molecular weight excluding hydrogens is 304 g/mol. The van der Waals surface area contributed by atoms with Crippen molar-refractivity contribution in [1.29, 1.82) is 0 Å². The summed E-state index contributed by atoms with van der Waals surface area (Å²) in [5.74, 6) is 0. The minimum Gasteiger partial charge on any atom is -0.345 e. The van der Waals surface area contributed by atoms with E-state index in [1.165, 1.54) is 0 Å². The van der Waals surface area contributed by atoms with Crippen LogP contribution in [0.25, 0.3) is 22.1 Å². The molecule has 2 heterocycles. The fourth-order valence-corrected chi connectivity index (χ4v) is 1.76. The third-order valence-corrected chi connectivity index (χ3v) is 2.66. The van der Waals surface area contributed by atoms with Crippen molar-refractivity contribution >= 4 is 39.0 Å². The van der Waals surface area contributed by atoms with Crippen LogP contribution >= 0.6 is 17.0 Å². The van der Waals surface area contributed by atoms with Crippen LogP contribution in [0.4, 0.5) is 0 Å². The Morgan fingerprint density at radius 1 is 0.632 bits per heavy atom. The number of hydrogen-bond donors (Lipinski definition) is 2. The second-order valence-corrected chi connectivity index (χ2v) is 3.84. The number of rotatable bonds is 0. The molecule has 4 rings (SSSR count). The van der Waals surface area contributed by atoms with Crippen LogP contribution in [0.5, 0.6) is 0 Å². The first-order valence-corrected chi connectivity index (χ1v) is 5.70. The fraction of sp³-hybridized carbons (Fsp3) is 0. The van der Waals surface area contributed by atoms with Gasteiger partial charge in [-0.05, 0) is 24.3 Å². The number of aromatic amines is 2. The van der Waals surface area contributed by atoms with Gasteiger partial charge in [-0.3, -0.25) is 0 Å². The smallest absolute Gasteiger partial charge is 0.0931 e. The van der Waals surface area contributed by atoms with Gasteiger partial charge in [-0.25, -0.2) is 9.97 Å². The summed E-state index contributed by atoms with van der Waals surface area (Å²) >= 11 is 0. The predicted molar refractivity (Wildman–Crippen MR) is 82.5 cm³/mol. The van der Waals surface area contributed by atoms with Gasteiger partial charge >= 0.3 is 0 Å². The molecular formula is C14H13BrN4. The first kappa shape index (κ1) is 13.3. The largest absolute Gasteiger partial charge is 0.345 e. The van der Waals surface area contributed by atoms with Crippen molar-refractivity contribution < 1.29 is 0 Å². The number of imidazole rings is 2. The van der Waals surface area contributed by atoms with E-state index in [-0.39, 0.29) is 17.0 Å². The van der Waals surface area contributed by atoms with Crippen LogP contribution in [-0.2, 0) is 0 Å². The van der Waals surface area contributed by atoms with Gasteiger partial charge in [-0.1, -0.05) is 24.3 Å².